The van der Waals surface area contributed by atoms with Crippen LogP contribution in [0.3, 0.4) is 0 Å². The van der Waals surface area contributed by atoms with Crippen LogP contribution in [0.2, 0.25) is 0 Å². The Labute approximate surface area is 137 Å². The molecule has 0 bridgehead atoms. The average molecular weight is 302 g/mol. The average Bonchev–Trinajstić information content (AvgIpc) is 2.61. The fourth-order valence-corrected chi connectivity index (χ4v) is 3.40. The quantitative estimate of drug-likeness (QED) is 0.625. The van der Waals surface area contributed by atoms with Gasteiger partial charge in [-0.3, -0.25) is 0 Å². The van der Waals surface area contributed by atoms with Gasteiger partial charge in [0.1, 0.15) is 0 Å². The first-order valence-corrected chi connectivity index (χ1v) is 7.99. The molecule has 0 radical (unpaired) electrons. The Hall–Kier alpha value is -2.38. The van der Waals surface area contributed by atoms with Crippen molar-refractivity contribution in [3.8, 4) is 0 Å². The largest absolute Gasteiger partial charge is 0.387 e. The van der Waals surface area contributed by atoms with Gasteiger partial charge in [0.05, 0.1) is 6.10 Å². The van der Waals surface area contributed by atoms with Crippen LogP contribution in [0.1, 0.15) is 30.6 Å². The molecule has 0 aromatic heterocycles. The molecule has 1 nitrogen and oxygen atoms in total. The maximum absolute atomic E-state index is 11.1. The zero-order valence-electron chi connectivity index (χ0n) is 13.4. The van der Waals surface area contributed by atoms with Gasteiger partial charge in [-0.1, -0.05) is 85.8 Å². The number of rotatable bonds is 5. The summed E-state index contributed by atoms with van der Waals surface area (Å²) in [4.78, 5) is 0. The van der Waals surface area contributed by atoms with E-state index < -0.39 is 11.5 Å². The van der Waals surface area contributed by atoms with Crippen LogP contribution in [0.25, 0.3) is 10.8 Å². The maximum atomic E-state index is 11.1. The summed E-state index contributed by atoms with van der Waals surface area (Å²) in [6, 6.07) is 24.5. The first kappa shape index (κ1) is 15.5. The van der Waals surface area contributed by atoms with Crippen molar-refractivity contribution in [2.45, 2.75) is 24.9 Å². The summed E-state index contributed by atoms with van der Waals surface area (Å²) in [6.45, 7) is 6.04. The lowest BCUT2D eigenvalue weighted by atomic mass is 9.71. The Kier molecular flexibility index (Phi) is 4.31. The second-order valence-corrected chi connectivity index (χ2v) is 6.25. The van der Waals surface area contributed by atoms with Crippen molar-refractivity contribution < 1.29 is 5.11 Å². The molecule has 0 aliphatic rings. The van der Waals surface area contributed by atoms with Gasteiger partial charge in [0.2, 0.25) is 0 Å². The fourth-order valence-electron chi connectivity index (χ4n) is 3.40. The first-order chi connectivity index (χ1) is 11.2. The van der Waals surface area contributed by atoms with Gasteiger partial charge in [-0.15, -0.1) is 6.58 Å². The van der Waals surface area contributed by atoms with Gasteiger partial charge < -0.3 is 5.11 Å². The monoisotopic (exact) mass is 302 g/mol. The van der Waals surface area contributed by atoms with E-state index in [2.05, 4.69) is 49.9 Å². The molecule has 0 spiro atoms. The lowest BCUT2D eigenvalue weighted by molar-refractivity contribution is 0.0918. The van der Waals surface area contributed by atoms with Crippen molar-refractivity contribution in [2.24, 2.45) is 0 Å². The van der Waals surface area contributed by atoms with E-state index in [1.165, 1.54) is 10.8 Å². The van der Waals surface area contributed by atoms with Crippen LogP contribution < -0.4 is 0 Å². The Morgan fingerprint density at radius 3 is 2.35 bits per heavy atom. The number of hydrogen-bond acceptors (Lipinski definition) is 1. The highest BCUT2D eigenvalue weighted by atomic mass is 16.3. The minimum Gasteiger partial charge on any atom is -0.387 e. The Bertz CT molecular complexity index is 801. The number of benzene rings is 3. The molecule has 3 aromatic carbocycles. The third-order valence-electron chi connectivity index (χ3n) is 4.69. The molecule has 3 aromatic rings. The number of allylic oxidation sites excluding steroid dienone is 1. The summed E-state index contributed by atoms with van der Waals surface area (Å²) in [5.74, 6) is 0. The highest BCUT2D eigenvalue weighted by Gasteiger charge is 2.35. The van der Waals surface area contributed by atoms with Crippen molar-refractivity contribution in [1.82, 2.24) is 0 Å². The van der Waals surface area contributed by atoms with Gasteiger partial charge in [0.15, 0.2) is 0 Å². The molecule has 0 amide bonds. The minimum absolute atomic E-state index is 0.427. The van der Waals surface area contributed by atoms with Gasteiger partial charge in [0.25, 0.3) is 0 Å². The van der Waals surface area contributed by atoms with Crippen LogP contribution in [-0.2, 0) is 5.41 Å². The molecule has 0 aliphatic carbocycles. The maximum Gasteiger partial charge on any atom is 0.0887 e. The molecular weight excluding hydrogens is 280 g/mol. The molecule has 1 heteroatoms. The van der Waals surface area contributed by atoms with E-state index in [9.17, 15) is 5.11 Å². The summed E-state index contributed by atoms with van der Waals surface area (Å²) in [5.41, 5.74) is 1.67. The molecular formula is C22H22O. The fraction of sp³-hybridized carbons (Fsp3) is 0.182. The molecule has 2 unspecified atom stereocenters. The second kappa shape index (κ2) is 6.39. The normalized spacial score (nSPS) is 15.0. The van der Waals surface area contributed by atoms with Gasteiger partial charge in [-0.2, -0.15) is 0 Å². The van der Waals surface area contributed by atoms with E-state index in [1.54, 1.807) is 0 Å². The highest BCUT2D eigenvalue weighted by Crippen LogP contribution is 2.43. The lowest BCUT2D eigenvalue weighted by Gasteiger charge is -2.35. The molecule has 0 fully saturated rings. The third kappa shape index (κ3) is 2.80. The predicted molar refractivity (Wildman–Crippen MR) is 97.5 cm³/mol. The SMILES string of the molecule is C=CCC(C)(c1cccc2ccccc12)C(O)c1ccccc1. The van der Waals surface area contributed by atoms with Crippen LogP contribution in [0, 0.1) is 0 Å². The highest BCUT2D eigenvalue weighted by molar-refractivity contribution is 5.86. The smallest absolute Gasteiger partial charge is 0.0887 e. The molecule has 0 heterocycles. The van der Waals surface area contributed by atoms with E-state index in [4.69, 9.17) is 0 Å². The van der Waals surface area contributed by atoms with E-state index in [-0.39, 0.29) is 0 Å². The standard InChI is InChI=1S/C22H22O/c1-3-16-22(2,21(23)18-11-5-4-6-12-18)20-15-9-13-17-10-7-8-14-19(17)20/h3-15,21,23H,1,16H2,2H3. The van der Waals surface area contributed by atoms with Crippen LogP contribution in [0.15, 0.2) is 85.5 Å². The van der Waals surface area contributed by atoms with Crippen molar-refractivity contribution in [3.63, 3.8) is 0 Å². The van der Waals surface area contributed by atoms with E-state index in [0.29, 0.717) is 6.42 Å². The van der Waals surface area contributed by atoms with Crippen molar-refractivity contribution in [3.05, 3.63) is 96.6 Å². The summed E-state index contributed by atoms with van der Waals surface area (Å²) in [7, 11) is 0. The first-order valence-electron chi connectivity index (χ1n) is 7.99. The molecule has 0 saturated heterocycles. The minimum atomic E-state index is -0.590. The van der Waals surface area contributed by atoms with Gasteiger partial charge in [0, 0.05) is 5.41 Å². The van der Waals surface area contributed by atoms with Crippen LogP contribution in [-0.4, -0.2) is 5.11 Å². The molecule has 0 aliphatic heterocycles. The van der Waals surface area contributed by atoms with Gasteiger partial charge >= 0.3 is 0 Å². The molecule has 2 atom stereocenters. The Morgan fingerprint density at radius 1 is 0.957 bits per heavy atom. The van der Waals surface area contributed by atoms with E-state index >= 15 is 0 Å². The topological polar surface area (TPSA) is 20.2 Å². The van der Waals surface area contributed by atoms with Crippen LogP contribution >= 0.6 is 0 Å². The molecule has 0 saturated carbocycles. The van der Waals surface area contributed by atoms with Crippen molar-refractivity contribution in [1.29, 1.82) is 0 Å². The van der Waals surface area contributed by atoms with Crippen LogP contribution in [0.4, 0.5) is 0 Å². The number of aliphatic hydroxyl groups excluding tert-OH is 1. The lowest BCUT2D eigenvalue weighted by Crippen LogP contribution is -2.30. The second-order valence-electron chi connectivity index (χ2n) is 6.25. The Balaban J connectivity index is 2.18. The predicted octanol–water partition coefficient (Wildman–Crippen LogP) is 5.41. The summed E-state index contributed by atoms with van der Waals surface area (Å²) in [6.07, 6.45) is 2.01. The van der Waals surface area contributed by atoms with E-state index in [0.717, 1.165) is 11.1 Å². The number of aliphatic hydroxyl groups is 1. The van der Waals surface area contributed by atoms with Gasteiger partial charge in [-0.25, -0.2) is 0 Å². The van der Waals surface area contributed by atoms with Crippen molar-refractivity contribution >= 4 is 10.8 Å². The zero-order valence-corrected chi connectivity index (χ0v) is 13.4. The molecule has 23 heavy (non-hydrogen) atoms. The summed E-state index contributed by atoms with van der Waals surface area (Å²) >= 11 is 0. The summed E-state index contributed by atoms with van der Waals surface area (Å²) < 4.78 is 0. The number of fused-ring (bicyclic) bond motifs is 1. The molecule has 3 rings (SSSR count). The molecule has 1 N–H and O–H groups in total. The summed E-state index contributed by atoms with van der Waals surface area (Å²) in [5, 5.41) is 13.5. The van der Waals surface area contributed by atoms with Crippen LogP contribution in [0.5, 0.6) is 0 Å². The molecule has 116 valence electrons. The van der Waals surface area contributed by atoms with Gasteiger partial charge in [-0.05, 0) is 28.3 Å². The van der Waals surface area contributed by atoms with E-state index in [1.807, 2.05) is 42.5 Å². The number of hydrogen-bond donors (Lipinski definition) is 1. The zero-order chi connectivity index (χ0) is 16.3. The Morgan fingerprint density at radius 2 is 1.61 bits per heavy atom. The van der Waals surface area contributed by atoms with Crippen molar-refractivity contribution in [2.75, 3.05) is 0 Å². The third-order valence-corrected chi connectivity index (χ3v) is 4.69.